The van der Waals surface area contributed by atoms with Crippen molar-refractivity contribution in [3.8, 4) is 0 Å². The second-order valence-electron chi connectivity index (χ2n) is 4.90. The quantitative estimate of drug-likeness (QED) is 0.786. The van der Waals surface area contributed by atoms with E-state index >= 15 is 0 Å². The lowest BCUT2D eigenvalue weighted by Gasteiger charge is -2.04. The highest BCUT2D eigenvalue weighted by Gasteiger charge is 2.12. The Labute approximate surface area is 128 Å². The van der Waals surface area contributed by atoms with Crippen molar-refractivity contribution < 1.29 is 4.79 Å². The van der Waals surface area contributed by atoms with Crippen molar-refractivity contribution in [1.29, 1.82) is 0 Å². The van der Waals surface area contributed by atoms with Crippen molar-refractivity contribution in [3.63, 3.8) is 0 Å². The fourth-order valence-corrected chi connectivity index (χ4v) is 2.26. The SMILES string of the molecule is CCn1nccc1C(=O)Nc1cnn(Cc2ccccc2)c1. The van der Waals surface area contributed by atoms with Crippen LogP contribution in [-0.4, -0.2) is 25.5 Å². The molecule has 0 saturated carbocycles. The van der Waals surface area contributed by atoms with Gasteiger partial charge in [-0.3, -0.25) is 14.2 Å². The summed E-state index contributed by atoms with van der Waals surface area (Å²) in [5, 5.41) is 11.2. The third-order valence-electron chi connectivity index (χ3n) is 3.33. The molecule has 6 heteroatoms. The molecular formula is C16H17N5O. The number of rotatable bonds is 5. The average molecular weight is 295 g/mol. The highest BCUT2D eigenvalue weighted by atomic mass is 16.2. The van der Waals surface area contributed by atoms with Gasteiger partial charge in [-0.1, -0.05) is 30.3 Å². The largest absolute Gasteiger partial charge is 0.318 e. The van der Waals surface area contributed by atoms with Gasteiger partial charge in [-0.05, 0) is 18.6 Å². The van der Waals surface area contributed by atoms with Gasteiger partial charge in [0.2, 0.25) is 0 Å². The van der Waals surface area contributed by atoms with Gasteiger partial charge in [-0.25, -0.2) is 0 Å². The molecule has 3 rings (SSSR count). The van der Waals surface area contributed by atoms with Crippen LogP contribution in [0.1, 0.15) is 23.0 Å². The molecular weight excluding hydrogens is 278 g/mol. The summed E-state index contributed by atoms with van der Waals surface area (Å²) in [7, 11) is 0. The molecule has 0 radical (unpaired) electrons. The van der Waals surface area contributed by atoms with E-state index in [1.807, 2.05) is 43.5 Å². The van der Waals surface area contributed by atoms with Crippen LogP contribution in [0, 0.1) is 0 Å². The molecule has 0 bridgehead atoms. The van der Waals surface area contributed by atoms with Crippen LogP contribution in [0.25, 0.3) is 0 Å². The van der Waals surface area contributed by atoms with Gasteiger partial charge in [0.05, 0.1) is 18.4 Å². The standard InChI is InChI=1S/C16H17N5O/c1-2-21-15(8-9-17-21)16(22)19-14-10-18-20(12-14)11-13-6-4-3-5-7-13/h3-10,12H,2,11H2,1H3,(H,19,22). The molecule has 0 fully saturated rings. The third-order valence-corrected chi connectivity index (χ3v) is 3.33. The fraction of sp³-hybridized carbons (Fsp3) is 0.188. The molecule has 1 N–H and O–H groups in total. The van der Waals surface area contributed by atoms with Crippen LogP contribution in [0.4, 0.5) is 5.69 Å². The second-order valence-corrected chi connectivity index (χ2v) is 4.90. The molecule has 1 amide bonds. The molecule has 1 aromatic carbocycles. The monoisotopic (exact) mass is 295 g/mol. The zero-order valence-electron chi connectivity index (χ0n) is 12.3. The second kappa shape index (κ2) is 6.26. The van der Waals surface area contributed by atoms with E-state index in [4.69, 9.17) is 0 Å². The third kappa shape index (κ3) is 3.06. The number of carbonyl (C=O) groups is 1. The number of nitrogens with one attached hydrogen (secondary N) is 1. The van der Waals surface area contributed by atoms with E-state index in [-0.39, 0.29) is 5.91 Å². The molecule has 6 nitrogen and oxygen atoms in total. The van der Waals surface area contributed by atoms with Crippen LogP contribution < -0.4 is 5.32 Å². The number of benzene rings is 1. The summed E-state index contributed by atoms with van der Waals surface area (Å²) in [6.07, 6.45) is 5.09. The number of carbonyl (C=O) groups excluding carboxylic acids is 1. The van der Waals surface area contributed by atoms with E-state index in [1.165, 1.54) is 0 Å². The van der Waals surface area contributed by atoms with Gasteiger partial charge >= 0.3 is 0 Å². The minimum atomic E-state index is -0.182. The van der Waals surface area contributed by atoms with Gasteiger partial charge in [0.25, 0.3) is 5.91 Å². The molecule has 2 heterocycles. The van der Waals surface area contributed by atoms with Crippen molar-refractivity contribution >= 4 is 11.6 Å². The predicted molar refractivity (Wildman–Crippen MR) is 83.6 cm³/mol. The van der Waals surface area contributed by atoms with Crippen molar-refractivity contribution in [2.45, 2.75) is 20.0 Å². The zero-order valence-corrected chi connectivity index (χ0v) is 12.3. The normalized spacial score (nSPS) is 10.6. The Balaban J connectivity index is 1.68. The Kier molecular flexibility index (Phi) is 4.00. The van der Waals surface area contributed by atoms with Crippen molar-refractivity contribution in [3.05, 3.63) is 66.2 Å². The van der Waals surface area contributed by atoms with Gasteiger partial charge in [0.1, 0.15) is 5.69 Å². The van der Waals surface area contributed by atoms with Gasteiger partial charge in [0, 0.05) is 18.9 Å². The maximum Gasteiger partial charge on any atom is 0.274 e. The molecule has 3 aromatic rings. The molecule has 0 unspecified atom stereocenters. The molecule has 0 atom stereocenters. The molecule has 0 aliphatic heterocycles. The maximum atomic E-state index is 12.2. The van der Waals surface area contributed by atoms with Gasteiger partial charge in [0.15, 0.2) is 0 Å². The summed E-state index contributed by atoms with van der Waals surface area (Å²) in [5.41, 5.74) is 2.37. The number of aryl methyl sites for hydroxylation is 1. The molecule has 2 aromatic heterocycles. The average Bonchev–Trinajstić information content (AvgIpc) is 3.17. The van der Waals surface area contributed by atoms with Gasteiger partial charge < -0.3 is 5.32 Å². The number of anilines is 1. The lowest BCUT2D eigenvalue weighted by molar-refractivity contribution is 0.101. The van der Waals surface area contributed by atoms with E-state index in [0.29, 0.717) is 24.5 Å². The first-order valence-corrected chi connectivity index (χ1v) is 7.16. The summed E-state index contributed by atoms with van der Waals surface area (Å²) in [4.78, 5) is 12.2. The Morgan fingerprint density at radius 2 is 2.00 bits per heavy atom. The molecule has 0 saturated heterocycles. The van der Waals surface area contributed by atoms with Crippen LogP contribution >= 0.6 is 0 Å². The van der Waals surface area contributed by atoms with E-state index in [0.717, 1.165) is 5.56 Å². The number of aromatic nitrogens is 4. The number of hydrogen-bond acceptors (Lipinski definition) is 3. The summed E-state index contributed by atoms with van der Waals surface area (Å²) in [6.45, 7) is 3.27. The first-order chi connectivity index (χ1) is 10.8. The Hall–Kier alpha value is -2.89. The molecule has 0 spiro atoms. The van der Waals surface area contributed by atoms with Crippen LogP contribution in [0.3, 0.4) is 0 Å². The lowest BCUT2D eigenvalue weighted by atomic mass is 10.2. The van der Waals surface area contributed by atoms with Crippen LogP contribution in [0.15, 0.2) is 55.0 Å². The summed E-state index contributed by atoms with van der Waals surface area (Å²) >= 11 is 0. The Bertz CT molecular complexity index is 760. The van der Waals surface area contributed by atoms with Crippen molar-refractivity contribution in [2.75, 3.05) is 5.32 Å². The smallest absolute Gasteiger partial charge is 0.274 e. The highest BCUT2D eigenvalue weighted by molar-refractivity contribution is 6.02. The molecule has 22 heavy (non-hydrogen) atoms. The first-order valence-electron chi connectivity index (χ1n) is 7.16. The topological polar surface area (TPSA) is 64.7 Å². The number of amides is 1. The van der Waals surface area contributed by atoms with Crippen molar-refractivity contribution in [1.82, 2.24) is 19.6 Å². The minimum Gasteiger partial charge on any atom is -0.318 e. The summed E-state index contributed by atoms with van der Waals surface area (Å²) in [5.74, 6) is -0.182. The predicted octanol–water partition coefficient (Wildman–Crippen LogP) is 2.40. The molecule has 112 valence electrons. The number of nitrogens with zero attached hydrogens (tertiary/aromatic N) is 4. The Morgan fingerprint density at radius 3 is 2.77 bits per heavy atom. The van der Waals surface area contributed by atoms with Crippen LogP contribution in [0.2, 0.25) is 0 Å². The summed E-state index contributed by atoms with van der Waals surface area (Å²) < 4.78 is 3.45. The van der Waals surface area contributed by atoms with E-state index in [2.05, 4.69) is 15.5 Å². The van der Waals surface area contributed by atoms with E-state index in [9.17, 15) is 4.79 Å². The lowest BCUT2D eigenvalue weighted by Crippen LogP contribution is -2.17. The molecule has 0 aliphatic rings. The number of hydrogen-bond donors (Lipinski definition) is 1. The van der Waals surface area contributed by atoms with Crippen molar-refractivity contribution in [2.24, 2.45) is 0 Å². The van der Waals surface area contributed by atoms with E-state index in [1.54, 1.807) is 27.8 Å². The van der Waals surface area contributed by atoms with Gasteiger partial charge in [-0.15, -0.1) is 0 Å². The fourth-order valence-electron chi connectivity index (χ4n) is 2.26. The summed E-state index contributed by atoms with van der Waals surface area (Å²) in [6, 6.07) is 11.8. The first kappa shape index (κ1) is 14.1. The van der Waals surface area contributed by atoms with E-state index < -0.39 is 0 Å². The van der Waals surface area contributed by atoms with Gasteiger partial charge in [-0.2, -0.15) is 10.2 Å². The maximum absolute atomic E-state index is 12.2. The van der Waals surface area contributed by atoms with Crippen LogP contribution in [0.5, 0.6) is 0 Å². The zero-order chi connectivity index (χ0) is 15.4. The minimum absolute atomic E-state index is 0.182. The molecule has 0 aliphatic carbocycles. The Morgan fingerprint density at radius 1 is 1.18 bits per heavy atom. The van der Waals surface area contributed by atoms with Crippen LogP contribution in [-0.2, 0) is 13.1 Å². The highest BCUT2D eigenvalue weighted by Crippen LogP contribution is 2.10.